The summed E-state index contributed by atoms with van der Waals surface area (Å²) in [7, 11) is 0. The molecule has 1 aliphatic heterocycles. The molecule has 2 aromatic rings. The van der Waals surface area contributed by atoms with E-state index in [2.05, 4.69) is 10.1 Å². The lowest BCUT2D eigenvalue weighted by Crippen LogP contribution is -2.22. The van der Waals surface area contributed by atoms with Crippen molar-refractivity contribution in [1.82, 2.24) is 14.8 Å². The van der Waals surface area contributed by atoms with Gasteiger partial charge in [0.25, 0.3) is 0 Å². The summed E-state index contributed by atoms with van der Waals surface area (Å²) in [5.74, 6) is -0.334. The molecule has 98 valence electrons. The maximum absolute atomic E-state index is 11.2. The van der Waals surface area contributed by atoms with E-state index in [1.807, 2.05) is 12.1 Å². The third-order valence-electron chi connectivity index (χ3n) is 3.26. The zero-order valence-electron chi connectivity index (χ0n) is 10.1. The van der Waals surface area contributed by atoms with Gasteiger partial charge >= 0.3 is 5.97 Å². The van der Waals surface area contributed by atoms with E-state index in [0.29, 0.717) is 29.6 Å². The lowest BCUT2D eigenvalue weighted by molar-refractivity contribution is -0.139. The summed E-state index contributed by atoms with van der Waals surface area (Å²) in [4.78, 5) is 15.6. The van der Waals surface area contributed by atoms with Gasteiger partial charge in [-0.1, -0.05) is 23.7 Å². The molecule has 0 bridgehead atoms. The Morgan fingerprint density at radius 1 is 1.47 bits per heavy atom. The van der Waals surface area contributed by atoms with Gasteiger partial charge in [-0.3, -0.25) is 4.79 Å². The van der Waals surface area contributed by atoms with Crippen molar-refractivity contribution in [3.63, 3.8) is 0 Å². The average molecular weight is 278 g/mol. The van der Waals surface area contributed by atoms with Crippen LogP contribution in [0.3, 0.4) is 0 Å². The molecular weight excluding hydrogens is 266 g/mol. The van der Waals surface area contributed by atoms with Crippen molar-refractivity contribution in [3.05, 3.63) is 35.1 Å². The van der Waals surface area contributed by atoms with E-state index >= 15 is 0 Å². The Morgan fingerprint density at radius 2 is 2.32 bits per heavy atom. The van der Waals surface area contributed by atoms with Gasteiger partial charge in [-0.25, -0.2) is 9.67 Å². The SMILES string of the molecule is O=C(O)C1CCCn2nc(-c3cccc(Cl)c3)nc21. The van der Waals surface area contributed by atoms with E-state index in [0.717, 1.165) is 12.0 Å². The molecule has 0 spiro atoms. The number of rotatable bonds is 2. The lowest BCUT2D eigenvalue weighted by atomic mass is 10.00. The minimum Gasteiger partial charge on any atom is -0.481 e. The molecule has 0 fully saturated rings. The first kappa shape index (κ1) is 12.2. The molecule has 3 rings (SSSR count). The van der Waals surface area contributed by atoms with Crippen LogP contribution in [0.5, 0.6) is 0 Å². The summed E-state index contributed by atoms with van der Waals surface area (Å²) in [6.07, 6.45) is 1.42. The van der Waals surface area contributed by atoms with E-state index in [1.165, 1.54) is 0 Å². The van der Waals surface area contributed by atoms with Gasteiger partial charge in [0.15, 0.2) is 5.82 Å². The topological polar surface area (TPSA) is 68.0 Å². The second-order valence-electron chi connectivity index (χ2n) is 4.56. The highest BCUT2D eigenvalue weighted by Crippen LogP contribution is 2.28. The number of hydrogen-bond donors (Lipinski definition) is 1. The minimum atomic E-state index is -0.842. The first-order valence-corrected chi connectivity index (χ1v) is 6.46. The normalized spacial score (nSPS) is 18.1. The molecule has 19 heavy (non-hydrogen) atoms. The van der Waals surface area contributed by atoms with E-state index in [9.17, 15) is 9.90 Å². The standard InChI is InChI=1S/C13H12ClN3O2/c14-9-4-1-3-8(7-9)11-15-12-10(13(18)19)5-2-6-17(12)16-11/h1,3-4,7,10H,2,5-6H2,(H,18,19). The van der Waals surface area contributed by atoms with Crippen LogP contribution in [0.25, 0.3) is 11.4 Å². The third kappa shape index (κ3) is 2.21. The summed E-state index contributed by atoms with van der Waals surface area (Å²) < 4.78 is 1.69. The Morgan fingerprint density at radius 3 is 3.05 bits per heavy atom. The zero-order chi connectivity index (χ0) is 13.4. The predicted molar refractivity (Wildman–Crippen MR) is 70.1 cm³/mol. The van der Waals surface area contributed by atoms with Crippen molar-refractivity contribution in [2.24, 2.45) is 0 Å². The van der Waals surface area contributed by atoms with Crippen LogP contribution in [0.2, 0.25) is 5.02 Å². The number of aromatic nitrogens is 3. The smallest absolute Gasteiger partial charge is 0.314 e. The number of halogens is 1. The highest BCUT2D eigenvalue weighted by atomic mass is 35.5. The van der Waals surface area contributed by atoms with Crippen LogP contribution in [0, 0.1) is 0 Å². The first-order chi connectivity index (χ1) is 9.15. The zero-order valence-corrected chi connectivity index (χ0v) is 10.8. The Bertz CT molecular complexity index is 639. The highest BCUT2D eigenvalue weighted by Gasteiger charge is 2.30. The molecule has 0 aliphatic carbocycles. The summed E-state index contributed by atoms with van der Waals surface area (Å²) in [5.41, 5.74) is 0.804. The fourth-order valence-corrected chi connectivity index (χ4v) is 2.52. The summed E-state index contributed by atoms with van der Waals surface area (Å²) in [5, 5.41) is 14.2. The molecular formula is C13H12ClN3O2. The number of carboxylic acids is 1. The molecule has 0 saturated carbocycles. The number of benzene rings is 1. The van der Waals surface area contributed by atoms with E-state index in [4.69, 9.17) is 11.6 Å². The van der Waals surface area contributed by atoms with Crippen LogP contribution in [-0.4, -0.2) is 25.8 Å². The van der Waals surface area contributed by atoms with Gasteiger partial charge in [-0.05, 0) is 25.0 Å². The maximum Gasteiger partial charge on any atom is 0.314 e. The van der Waals surface area contributed by atoms with Crippen LogP contribution in [0.4, 0.5) is 0 Å². The Labute approximate surface area is 114 Å². The number of fused-ring (bicyclic) bond motifs is 1. The molecule has 1 unspecified atom stereocenters. The number of hydrogen-bond acceptors (Lipinski definition) is 3. The lowest BCUT2D eigenvalue weighted by Gasteiger charge is -2.17. The fourth-order valence-electron chi connectivity index (χ4n) is 2.33. The number of carboxylic acid groups (broad SMARTS) is 1. The van der Waals surface area contributed by atoms with Gasteiger partial charge in [0.2, 0.25) is 0 Å². The van der Waals surface area contributed by atoms with Crippen molar-refractivity contribution >= 4 is 17.6 Å². The molecule has 1 atom stereocenters. The first-order valence-electron chi connectivity index (χ1n) is 6.08. The second kappa shape index (κ2) is 4.66. The molecule has 1 aromatic carbocycles. The largest absolute Gasteiger partial charge is 0.481 e. The van der Waals surface area contributed by atoms with Gasteiger partial charge in [0, 0.05) is 17.1 Å². The Balaban J connectivity index is 2.04. The maximum atomic E-state index is 11.2. The van der Waals surface area contributed by atoms with Crippen molar-refractivity contribution < 1.29 is 9.90 Å². The van der Waals surface area contributed by atoms with Crippen LogP contribution in [0.15, 0.2) is 24.3 Å². The predicted octanol–water partition coefficient (Wildman–Crippen LogP) is 2.56. The quantitative estimate of drug-likeness (QED) is 0.916. The number of nitrogens with zero attached hydrogens (tertiary/aromatic N) is 3. The van der Waals surface area contributed by atoms with Crippen molar-refractivity contribution in [1.29, 1.82) is 0 Å². The van der Waals surface area contributed by atoms with Crippen LogP contribution >= 0.6 is 11.6 Å². The number of aliphatic carboxylic acids is 1. The Kier molecular flexibility index (Phi) is 2.98. The van der Waals surface area contributed by atoms with Crippen molar-refractivity contribution in [2.75, 3.05) is 0 Å². The summed E-state index contributed by atoms with van der Waals surface area (Å²) >= 11 is 5.94. The van der Waals surface area contributed by atoms with Crippen molar-refractivity contribution in [3.8, 4) is 11.4 Å². The molecule has 2 heterocycles. The molecule has 1 aliphatic rings. The average Bonchev–Trinajstić information content (AvgIpc) is 2.82. The number of carbonyl (C=O) groups is 1. The molecule has 1 aromatic heterocycles. The molecule has 0 saturated heterocycles. The van der Waals surface area contributed by atoms with Gasteiger partial charge in [-0.15, -0.1) is 0 Å². The van der Waals surface area contributed by atoms with Gasteiger partial charge in [0.1, 0.15) is 11.7 Å². The fraction of sp³-hybridized carbons (Fsp3) is 0.308. The minimum absolute atomic E-state index is 0.533. The van der Waals surface area contributed by atoms with Crippen molar-refractivity contribution in [2.45, 2.75) is 25.3 Å². The molecule has 1 N–H and O–H groups in total. The molecule has 0 radical (unpaired) electrons. The van der Waals surface area contributed by atoms with Gasteiger partial charge < -0.3 is 5.11 Å². The second-order valence-corrected chi connectivity index (χ2v) is 5.00. The summed E-state index contributed by atoms with van der Waals surface area (Å²) in [6, 6.07) is 7.25. The van der Waals surface area contributed by atoms with Crippen LogP contribution in [0.1, 0.15) is 24.6 Å². The van der Waals surface area contributed by atoms with Crippen LogP contribution in [-0.2, 0) is 11.3 Å². The van der Waals surface area contributed by atoms with Gasteiger partial charge in [-0.2, -0.15) is 5.10 Å². The Hall–Kier alpha value is -1.88. The van der Waals surface area contributed by atoms with E-state index in [-0.39, 0.29) is 0 Å². The monoisotopic (exact) mass is 277 g/mol. The molecule has 6 heteroatoms. The molecule has 0 amide bonds. The van der Waals surface area contributed by atoms with E-state index in [1.54, 1.807) is 16.8 Å². The van der Waals surface area contributed by atoms with Gasteiger partial charge in [0.05, 0.1) is 0 Å². The summed E-state index contributed by atoms with van der Waals surface area (Å²) in [6.45, 7) is 0.715. The molecule has 5 nitrogen and oxygen atoms in total. The number of aryl methyl sites for hydroxylation is 1. The van der Waals surface area contributed by atoms with Crippen LogP contribution < -0.4 is 0 Å². The van der Waals surface area contributed by atoms with E-state index < -0.39 is 11.9 Å². The third-order valence-corrected chi connectivity index (χ3v) is 3.49. The highest BCUT2D eigenvalue weighted by molar-refractivity contribution is 6.30.